The normalized spacial score (nSPS) is 22.7. The highest BCUT2D eigenvalue weighted by atomic mass is 16.7. The number of ether oxygens (including phenoxy) is 3. The van der Waals surface area contributed by atoms with Gasteiger partial charge in [-0.1, -0.05) is 18.2 Å². The van der Waals surface area contributed by atoms with Crippen LogP contribution in [0.1, 0.15) is 17.2 Å². The number of carbonyl (C=O) groups excluding carboxylic acids is 1. The van der Waals surface area contributed by atoms with Crippen molar-refractivity contribution >= 4 is 5.97 Å². The van der Waals surface area contributed by atoms with E-state index in [9.17, 15) is 15.0 Å². The molecule has 0 bridgehead atoms. The smallest absolute Gasteiger partial charge is 0.312 e. The van der Waals surface area contributed by atoms with Crippen LogP contribution in [0.4, 0.5) is 0 Å². The van der Waals surface area contributed by atoms with Crippen LogP contribution in [0.15, 0.2) is 42.5 Å². The predicted molar refractivity (Wildman–Crippen MR) is 87.3 cm³/mol. The van der Waals surface area contributed by atoms with Gasteiger partial charge in [-0.2, -0.15) is 0 Å². The predicted octanol–water partition coefficient (Wildman–Crippen LogP) is 2.19. The van der Waals surface area contributed by atoms with Crippen LogP contribution in [0.5, 0.6) is 17.2 Å². The van der Waals surface area contributed by atoms with Gasteiger partial charge >= 0.3 is 5.97 Å². The molecule has 25 heavy (non-hydrogen) atoms. The zero-order valence-electron chi connectivity index (χ0n) is 13.4. The Morgan fingerprint density at radius 1 is 1.04 bits per heavy atom. The number of aliphatic hydroxyl groups is 1. The van der Waals surface area contributed by atoms with Crippen molar-refractivity contribution in [1.29, 1.82) is 0 Å². The van der Waals surface area contributed by atoms with Gasteiger partial charge in [0, 0.05) is 5.92 Å². The molecular weight excluding hydrogens is 324 g/mol. The van der Waals surface area contributed by atoms with E-state index in [0.29, 0.717) is 23.5 Å². The third-order valence-electron chi connectivity index (χ3n) is 4.73. The Balaban J connectivity index is 1.54. The van der Waals surface area contributed by atoms with Crippen LogP contribution in [-0.4, -0.2) is 29.6 Å². The lowest BCUT2D eigenvalue weighted by Crippen LogP contribution is -2.25. The highest BCUT2D eigenvalue weighted by molar-refractivity contribution is 5.75. The van der Waals surface area contributed by atoms with Crippen molar-refractivity contribution in [2.75, 3.05) is 13.4 Å². The van der Waals surface area contributed by atoms with Gasteiger partial charge in [0.15, 0.2) is 11.5 Å². The molecule has 1 fully saturated rings. The topological polar surface area (TPSA) is 85.2 Å². The van der Waals surface area contributed by atoms with Gasteiger partial charge in [-0.05, 0) is 41.8 Å². The molecule has 0 amide bonds. The Bertz CT molecular complexity index is 785. The second-order valence-corrected chi connectivity index (χ2v) is 6.34. The first-order valence-corrected chi connectivity index (χ1v) is 8.14. The molecule has 0 aliphatic carbocycles. The summed E-state index contributed by atoms with van der Waals surface area (Å²) in [6.07, 6.45) is -0.392. The van der Waals surface area contributed by atoms with E-state index in [0.717, 1.165) is 5.56 Å². The van der Waals surface area contributed by atoms with Crippen LogP contribution in [0, 0.1) is 11.8 Å². The zero-order valence-corrected chi connectivity index (χ0v) is 13.4. The van der Waals surface area contributed by atoms with E-state index in [1.807, 2.05) is 18.2 Å². The first kappa shape index (κ1) is 15.8. The minimum absolute atomic E-state index is 0.113. The van der Waals surface area contributed by atoms with Gasteiger partial charge < -0.3 is 24.4 Å². The van der Waals surface area contributed by atoms with Crippen LogP contribution in [0.25, 0.3) is 0 Å². The van der Waals surface area contributed by atoms with Crippen molar-refractivity contribution in [2.45, 2.75) is 12.5 Å². The van der Waals surface area contributed by atoms with Crippen molar-refractivity contribution in [2.24, 2.45) is 11.8 Å². The SMILES string of the molecule is O=C1OC[C@H](Cc2ccc3c(c2)OCO3)[C@H]1[C@@H](O)c1ccc(O)cc1. The van der Waals surface area contributed by atoms with E-state index in [1.165, 1.54) is 12.1 Å². The fraction of sp³-hybridized carbons (Fsp3) is 0.316. The molecule has 4 rings (SSSR count). The van der Waals surface area contributed by atoms with E-state index >= 15 is 0 Å². The van der Waals surface area contributed by atoms with Gasteiger partial charge in [0.1, 0.15) is 5.75 Å². The van der Waals surface area contributed by atoms with Gasteiger partial charge in [-0.15, -0.1) is 0 Å². The Kier molecular flexibility index (Phi) is 3.97. The second-order valence-electron chi connectivity index (χ2n) is 6.34. The highest BCUT2D eigenvalue weighted by Crippen LogP contribution is 2.38. The molecule has 2 aromatic carbocycles. The minimum atomic E-state index is -0.977. The van der Waals surface area contributed by atoms with Gasteiger partial charge in [-0.25, -0.2) is 0 Å². The van der Waals surface area contributed by atoms with E-state index in [4.69, 9.17) is 14.2 Å². The van der Waals surface area contributed by atoms with E-state index in [2.05, 4.69) is 0 Å². The van der Waals surface area contributed by atoms with Crippen LogP contribution in [-0.2, 0) is 16.0 Å². The van der Waals surface area contributed by atoms with Crippen LogP contribution in [0.3, 0.4) is 0 Å². The molecule has 2 aliphatic rings. The molecule has 0 spiro atoms. The van der Waals surface area contributed by atoms with Crippen molar-refractivity contribution < 1.29 is 29.2 Å². The number of phenolic OH excluding ortho intramolecular Hbond substituents is 1. The number of hydrogen-bond donors (Lipinski definition) is 2. The molecule has 6 heteroatoms. The molecule has 0 unspecified atom stereocenters. The van der Waals surface area contributed by atoms with Crippen LogP contribution < -0.4 is 9.47 Å². The second kappa shape index (κ2) is 6.29. The number of esters is 1. The summed E-state index contributed by atoms with van der Waals surface area (Å²) in [7, 11) is 0. The lowest BCUT2D eigenvalue weighted by atomic mass is 9.83. The number of fused-ring (bicyclic) bond motifs is 1. The number of aromatic hydroxyl groups is 1. The first-order valence-electron chi connectivity index (χ1n) is 8.14. The molecule has 6 nitrogen and oxygen atoms in total. The minimum Gasteiger partial charge on any atom is -0.508 e. The average Bonchev–Trinajstić information content (AvgIpc) is 3.21. The monoisotopic (exact) mass is 342 g/mol. The van der Waals surface area contributed by atoms with Gasteiger partial charge in [-0.3, -0.25) is 4.79 Å². The summed E-state index contributed by atoms with van der Waals surface area (Å²) >= 11 is 0. The lowest BCUT2D eigenvalue weighted by Gasteiger charge is -2.21. The van der Waals surface area contributed by atoms with Gasteiger partial charge in [0.2, 0.25) is 6.79 Å². The molecule has 0 saturated carbocycles. The number of phenols is 1. The van der Waals surface area contributed by atoms with Crippen LogP contribution >= 0.6 is 0 Å². The van der Waals surface area contributed by atoms with Crippen molar-refractivity contribution in [3.63, 3.8) is 0 Å². The molecule has 0 radical (unpaired) electrons. The molecule has 3 atom stereocenters. The summed E-state index contributed by atoms with van der Waals surface area (Å²) in [5, 5.41) is 20.0. The molecule has 2 N–H and O–H groups in total. The first-order chi connectivity index (χ1) is 12.1. The van der Waals surface area contributed by atoms with E-state index in [-0.39, 0.29) is 25.1 Å². The number of carbonyl (C=O) groups is 1. The summed E-state index contributed by atoms with van der Waals surface area (Å²) in [5.74, 6) is 0.335. The average molecular weight is 342 g/mol. The maximum atomic E-state index is 12.2. The highest BCUT2D eigenvalue weighted by Gasteiger charge is 2.42. The van der Waals surface area contributed by atoms with Crippen molar-refractivity contribution in [3.05, 3.63) is 53.6 Å². The fourth-order valence-electron chi connectivity index (χ4n) is 3.40. The summed E-state index contributed by atoms with van der Waals surface area (Å²) in [5.41, 5.74) is 1.58. The molecule has 2 heterocycles. The maximum absolute atomic E-state index is 12.2. The summed E-state index contributed by atoms with van der Waals surface area (Å²) in [6.45, 7) is 0.485. The summed E-state index contributed by atoms with van der Waals surface area (Å²) in [6, 6.07) is 11.9. The largest absolute Gasteiger partial charge is 0.508 e. The van der Waals surface area contributed by atoms with E-state index < -0.39 is 18.0 Å². The standard InChI is InChI=1S/C19H18O6/c20-14-4-2-12(3-5-14)18(21)17-13(9-23-19(17)22)7-11-1-6-15-16(8-11)25-10-24-15/h1-6,8,13,17-18,20-21H,7,9-10H2/t13-,17-,18-/m0/s1. The quantitative estimate of drug-likeness (QED) is 0.829. The summed E-state index contributed by atoms with van der Waals surface area (Å²) in [4.78, 5) is 12.2. The Morgan fingerprint density at radius 3 is 2.60 bits per heavy atom. The Morgan fingerprint density at radius 2 is 1.80 bits per heavy atom. The molecule has 1 saturated heterocycles. The van der Waals surface area contributed by atoms with Crippen molar-refractivity contribution in [1.82, 2.24) is 0 Å². The van der Waals surface area contributed by atoms with Gasteiger partial charge in [0.05, 0.1) is 18.6 Å². The Labute approximate surface area is 144 Å². The molecule has 130 valence electrons. The van der Waals surface area contributed by atoms with Crippen LogP contribution in [0.2, 0.25) is 0 Å². The number of rotatable bonds is 4. The summed E-state index contributed by atoms with van der Waals surface area (Å²) < 4.78 is 15.9. The fourth-order valence-corrected chi connectivity index (χ4v) is 3.40. The van der Waals surface area contributed by atoms with Gasteiger partial charge in [0.25, 0.3) is 0 Å². The molecule has 0 aromatic heterocycles. The zero-order chi connectivity index (χ0) is 17.4. The molecule has 2 aromatic rings. The Hall–Kier alpha value is -2.73. The molecular formula is C19H18O6. The number of cyclic esters (lactones) is 1. The number of hydrogen-bond acceptors (Lipinski definition) is 6. The molecule has 2 aliphatic heterocycles. The number of aliphatic hydroxyl groups excluding tert-OH is 1. The lowest BCUT2D eigenvalue weighted by molar-refractivity contribution is -0.144. The third-order valence-corrected chi connectivity index (χ3v) is 4.73. The maximum Gasteiger partial charge on any atom is 0.312 e. The van der Waals surface area contributed by atoms with Crippen molar-refractivity contribution in [3.8, 4) is 17.2 Å². The number of benzene rings is 2. The van der Waals surface area contributed by atoms with E-state index in [1.54, 1.807) is 12.1 Å². The third kappa shape index (κ3) is 3.00.